The van der Waals surface area contributed by atoms with Gasteiger partial charge in [0.25, 0.3) is 5.91 Å². The molecule has 0 spiro atoms. The highest BCUT2D eigenvalue weighted by Crippen LogP contribution is 2.13. The number of carbonyl (C=O) groups is 1. The first-order valence-electron chi connectivity index (χ1n) is 5.87. The zero-order valence-corrected chi connectivity index (χ0v) is 12.0. The quantitative estimate of drug-likeness (QED) is 0.673. The average molecular weight is 293 g/mol. The summed E-state index contributed by atoms with van der Waals surface area (Å²) in [5, 5.41) is 6.69. The second kappa shape index (κ2) is 6.50. The summed E-state index contributed by atoms with van der Waals surface area (Å²) in [6.07, 6.45) is 0.713. The van der Waals surface area contributed by atoms with Crippen LogP contribution in [0.25, 0.3) is 0 Å². The third-order valence-electron chi connectivity index (χ3n) is 2.53. The first kappa shape index (κ1) is 13.8. The zero-order chi connectivity index (χ0) is 13.7. The Morgan fingerprint density at radius 3 is 2.84 bits per heavy atom. The number of halogens is 1. The van der Waals surface area contributed by atoms with Crippen LogP contribution in [-0.4, -0.2) is 11.6 Å². The molecule has 1 aromatic carbocycles. The Balaban J connectivity index is 2.14. The second-order valence-corrected chi connectivity index (χ2v) is 5.22. The van der Waals surface area contributed by atoms with Crippen molar-refractivity contribution in [3.63, 3.8) is 0 Å². The van der Waals surface area contributed by atoms with Gasteiger partial charge in [0, 0.05) is 5.02 Å². The molecule has 19 heavy (non-hydrogen) atoms. The SMILES string of the molecule is CC/C(=N/NC(=O)c1cccs1)c1cccc(Cl)c1. The van der Waals surface area contributed by atoms with Crippen molar-refractivity contribution in [3.8, 4) is 0 Å². The van der Waals surface area contributed by atoms with E-state index in [1.54, 1.807) is 6.07 Å². The van der Waals surface area contributed by atoms with Crippen LogP contribution in [0.2, 0.25) is 5.02 Å². The number of carbonyl (C=O) groups excluding carboxylic acids is 1. The van der Waals surface area contributed by atoms with Gasteiger partial charge in [-0.05, 0) is 35.6 Å². The van der Waals surface area contributed by atoms with E-state index in [0.717, 1.165) is 11.3 Å². The Bertz CT molecular complexity index is 593. The Kier molecular flexibility index (Phi) is 4.71. The van der Waals surface area contributed by atoms with Gasteiger partial charge < -0.3 is 0 Å². The van der Waals surface area contributed by atoms with Crippen LogP contribution in [-0.2, 0) is 0 Å². The fourth-order valence-electron chi connectivity index (χ4n) is 1.60. The van der Waals surface area contributed by atoms with E-state index in [0.29, 0.717) is 16.3 Å². The molecule has 0 aliphatic carbocycles. The Labute approximate surface area is 120 Å². The lowest BCUT2D eigenvalue weighted by atomic mass is 10.1. The lowest BCUT2D eigenvalue weighted by molar-refractivity contribution is 0.0959. The number of nitrogens with zero attached hydrogens (tertiary/aromatic N) is 1. The van der Waals surface area contributed by atoms with Crippen LogP contribution in [0.15, 0.2) is 46.9 Å². The molecule has 0 atom stereocenters. The highest BCUT2D eigenvalue weighted by Gasteiger charge is 2.06. The van der Waals surface area contributed by atoms with Crippen molar-refractivity contribution in [3.05, 3.63) is 57.2 Å². The molecule has 98 valence electrons. The molecule has 1 heterocycles. The van der Waals surface area contributed by atoms with Crippen molar-refractivity contribution < 1.29 is 4.79 Å². The predicted octanol–water partition coefficient (Wildman–Crippen LogP) is 3.95. The zero-order valence-electron chi connectivity index (χ0n) is 10.4. The molecule has 0 radical (unpaired) electrons. The Morgan fingerprint density at radius 1 is 1.37 bits per heavy atom. The summed E-state index contributed by atoms with van der Waals surface area (Å²) in [6.45, 7) is 1.98. The van der Waals surface area contributed by atoms with Gasteiger partial charge in [0.2, 0.25) is 0 Å². The van der Waals surface area contributed by atoms with E-state index in [2.05, 4.69) is 10.5 Å². The fourth-order valence-corrected chi connectivity index (χ4v) is 2.40. The summed E-state index contributed by atoms with van der Waals surface area (Å²) in [4.78, 5) is 12.4. The summed E-state index contributed by atoms with van der Waals surface area (Å²) in [5.74, 6) is -0.192. The maximum absolute atomic E-state index is 11.8. The molecule has 2 aromatic rings. The van der Waals surface area contributed by atoms with E-state index >= 15 is 0 Å². The summed E-state index contributed by atoms with van der Waals surface area (Å²) in [7, 11) is 0. The maximum Gasteiger partial charge on any atom is 0.281 e. The topological polar surface area (TPSA) is 41.5 Å². The summed E-state index contributed by atoms with van der Waals surface area (Å²) < 4.78 is 0. The minimum Gasteiger partial charge on any atom is -0.266 e. The molecule has 0 aliphatic rings. The van der Waals surface area contributed by atoms with Crippen LogP contribution in [0.1, 0.15) is 28.6 Å². The Hall–Kier alpha value is -1.65. The van der Waals surface area contributed by atoms with E-state index in [1.165, 1.54) is 11.3 Å². The molecular weight excluding hydrogens is 280 g/mol. The monoisotopic (exact) mass is 292 g/mol. The number of hydrazone groups is 1. The minimum absolute atomic E-state index is 0.192. The second-order valence-electron chi connectivity index (χ2n) is 3.84. The average Bonchev–Trinajstić information content (AvgIpc) is 2.93. The van der Waals surface area contributed by atoms with Gasteiger partial charge in [0.1, 0.15) is 0 Å². The van der Waals surface area contributed by atoms with Crippen LogP contribution in [0.3, 0.4) is 0 Å². The Morgan fingerprint density at radius 2 is 2.21 bits per heavy atom. The van der Waals surface area contributed by atoms with Crippen LogP contribution in [0.5, 0.6) is 0 Å². The van der Waals surface area contributed by atoms with Gasteiger partial charge in [-0.2, -0.15) is 5.10 Å². The maximum atomic E-state index is 11.8. The van der Waals surface area contributed by atoms with E-state index in [9.17, 15) is 4.79 Å². The third kappa shape index (κ3) is 3.66. The number of nitrogens with one attached hydrogen (secondary N) is 1. The van der Waals surface area contributed by atoms with Gasteiger partial charge in [-0.25, -0.2) is 5.43 Å². The lowest BCUT2D eigenvalue weighted by Gasteiger charge is -2.05. The minimum atomic E-state index is -0.192. The number of amides is 1. The molecular formula is C14H13ClN2OS. The van der Waals surface area contributed by atoms with E-state index in [4.69, 9.17) is 11.6 Å². The van der Waals surface area contributed by atoms with Crippen LogP contribution >= 0.6 is 22.9 Å². The van der Waals surface area contributed by atoms with Crippen molar-refractivity contribution in [2.45, 2.75) is 13.3 Å². The molecule has 0 aliphatic heterocycles. The van der Waals surface area contributed by atoms with Crippen LogP contribution in [0, 0.1) is 0 Å². The standard InChI is InChI=1S/C14H13ClN2OS/c1-2-12(10-5-3-6-11(15)9-10)16-17-14(18)13-7-4-8-19-13/h3-9H,2H2,1H3,(H,17,18)/b16-12-. The molecule has 0 saturated heterocycles. The van der Waals surface area contributed by atoms with E-state index < -0.39 is 0 Å². The fraction of sp³-hybridized carbons (Fsp3) is 0.143. The number of rotatable bonds is 4. The van der Waals surface area contributed by atoms with Gasteiger partial charge in [0.15, 0.2) is 0 Å². The molecule has 1 aromatic heterocycles. The molecule has 0 saturated carbocycles. The molecule has 0 unspecified atom stereocenters. The third-order valence-corrected chi connectivity index (χ3v) is 3.63. The number of benzene rings is 1. The molecule has 2 rings (SSSR count). The van der Waals surface area contributed by atoms with Crippen LogP contribution in [0.4, 0.5) is 0 Å². The smallest absolute Gasteiger partial charge is 0.266 e. The van der Waals surface area contributed by atoms with Crippen molar-refractivity contribution in [2.75, 3.05) is 0 Å². The number of hydrogen-bond acceptors (Lipinski definition) is 3. The van der Waals surface area contributed by atoms with Crippen molar-refractivity contribution in [1.82, 2.24) is 5.43 Å². The first-order chi connectivity index (χ1) is 9.20. The summed E-state index contributed by atoms with van der Waals surface area (Å²) in [6, 6.07) is 11.0. The highest BCUT2D eigenvalue weighted by atomic mass is 35.5. The normalized spacial score (nSPS) is 11.4. The lowest BCUT2D eigenvalue weighted by Crippen LogP contribution is -2.18. The molecule has 1 N–H and O–H groups in total. The van der Waals surface area contributed by atoms with Gasteiger partial charge >= 0.3 is 0 Å². The van der Waals surface area contributed by atoms with E-state index in [1.807, 2.05) is 42.6 Å². The highest BCUT2D eigenvalue weighted by molar-refractivity contribution is 7.12. The predicted molar refractivity (Wildman–Crippen MR) is 80.1 cm³/mol. The van der Waals surface area contributed by atoms with Gasteiger partial charge in [-0.3, -0.25) is 4.79 Å². The summed E-state index contributed by atoms with van der Waals surface area (Å²) in [5.41, 5.74) is 4.29. The molecule has 1 amide bonds. The molecule has 0 bridgehead atoms. The van der Waals surface area contributed by atoms with E-state index in [-0.39, 0.29) is 5.91 Å². The van der Waals surface area contributed by atoms with Gasteiger partial charge in [-0.15, -0.1) is 11.3 Å². The van der Waals surface area contributed by atoms with Crippen molar-refractivity contribution in [2.24, 2.45) is 5.10 Å². The molecule has 3 nitrogen and oxygen atoms in total. The van der Waals surface area contributed by atoms with Crippen LogP contribution < -0.4 is 5.43 Å². The van der Waals surface area contributed by atoms with Crippen molar-refractivity contribution >= 4 is 34.6 Å². The molecule has 0 fully saturated rings. The number of thiophene rings is 1. The summed E-state index contributed by atoms with van der Waals surface area (Å²) >= 11 is 7.34. The largest absolute Gasteiger partial charge is 0.281 e. The van der Waals surface area contributed by atoms with Gasteiger partial charge in [0.05, 0.1) is 10.6 Å². The number of hydrogen-bond donors (Lipinski definition) is 1. The first-order valence-corrected chi connectivity index (χ1v) is 7.13. The molecule has 5 heteroatoms. The van der Waals surface area contributed by atoms with Gasteiger partial charge in [-0.1, -0.05) is 36.7 Å². The van der Waals surface area contributed by atoms with Crippen molar-refractivity contribution in [1.29, 1.82) is 0 Å².